The predicted octanol–water partition coefficient (Wildman–Crippen LogP) is 2.21. The van der Waals surface area contributed by atoms with Gasteiger partial charge in [0.15, 0.2) is 0 Å². The zero-order valence-corrected chi connectivity index (χ0v) is 9.22. The van der Waals surface area contributed by atoms with Crippen molar-refractivity contribution in [3.8, 4) is 0 Å². The van der Waals surface area contributed by atoms with Crippen molar-refractivity contribution in [3.05, 3.63) is 0 Å². The summed E-state index contributed by atoms with van der Waals surface area (Å²) in [5.74, 6) is 2.46. The van der Waals surface area contributed by atoms with Crippen LogP contribution < -0.4 is 4.27 Å². The molecule has 0 fully saturated rings. The Kier molecular flexibility index (Phi) is 4.58. The zero-order chi connectivity index (χ0) is 7.33. The normalized spacial score (nSPS) is 12.0. The van der Waals surface area contributed by atoms with Crippen LogP contribution in [0.2, 0.25) is 16.3 Å². The standard InChI is InChI=1S/C7H19GeN/c1-5-8(4,6-2)9-7-3/h9H,5-7H2,1-4H3. The van der Waals surface area contributed by atoms with Crippen LogP contribution in [0.3, 0.4) is 0 Å². The number of hydrogen-bond donors (Lipinski definition) is 1. The Balaban J connectivity index is 3.62. The Morgan fingerprint density at radius 1 is 1.11 bits per heavy atom. The van der Waals surface area contributed by atoms with E-state index in [1.165, 1.54) is 10.5 Å². The summed E-state index contributed by atoms with van der Waals surface area (Å²) in [6.45, 7) is 7.99. The van der Waals surface area contributed by atoms with Crippen molar-refractivity contribution in [2.45, 2.75) is 37.0 Å². The van der Waals surface area contributed by atoms with E-state index >= 15 is 0 Å². The van der Waals surface area contributed by atoms with Crippen molar-refractivity contribution in [3.63, 3.8) is 0 Å². The first-order valence-corrected chi connectivity index (χ1v) is 10.0. The first-order chi connectivity index (χ1) is 4.18. The quantitative estimate of drug-likeness (QED) is 0.669. The molecule has 0 aromatic rings. The van der Waals surface area contributed by atoms with Gasteiger partial charge in [0.1, 0.15) is 0 Å². The van der Waals surface area contributed by atoms with Gasteiger partial charge in [-0.1, -0.05) is 0 Å². The SMILES string of the molecule is CC[NH][Ge]([CH3])([CH2]C)[CH2]C. The van der Waals surface area contributed by atoms with Gasteiger partial charge in [-0.2, -0.15) is 0 Å². The van der Waals surface area contributed by atoms with Gasteiger partial charge in [-0.25, -0.2) is 0 Å². The zero-order valence-electron chi connectivity index (χ0n) is 7.12. The van der Waals surface area contributed by atoms with Gasteiger partial charge >= 0.3 is 61.3 Å². The van der Waals surface area contributed by atoms with Crippen molar-refractivity contribution in [2.24, 2.45) is 0 Å². The van der Waals surface area contributed by atoms with Crippen LogP contribution >= 0.6 is 0 Å². The van der Waals surface area contributed by atoms with E-state index in [4.69, 9.17) is 0 Å². The molecule has 1 N–H and O–H groups in total. The summed E-state index contributed by atoms with van der Waals surface area (Å²) in [5.41, 5.74) is 0. The maximum absolute atomic E-state index is 3.65. The molecule has 0 amide bonds. The molecule has 0 heterocycles. The molecule has 0 spiro atoms. The molecular formula is C7H19GeN. The second-order valence-electron chi connectivity index (χ2n) is 2.80. The molecule has 0 atom stereocenters. The molecule has 0 aromatic heterocycles. The first kappa shape index (κ1) is 9.50. The van der Waals surface area contributed by atoms with Crippen LogP contribution in [0.1, 0.15) is 20.8 Å². The van der Waals surface area contributed by atoms with Crippen LogP contribution in [0.25, 0.3) is 0 Å². The molecule has 0 aliphatic carbocycles. The van der Waals surface area contributed by atoms with E-state index in [1.807, 2.05) is 0 Å². The summed E-state index contributed by atoms with van der Waals surface area (Å²) in [7, 11) is 0. The Hall–Kier alpha value is 0.503. The summed E-state index contributed by atoms with van der Waals surface area (Å²) in [6, 6.07) is 0. The van der Waals surface area contributed by atoms with Crippen molar-refractivity contribution >= 4 is 13.5 Å². The molecule has 0 aliphatic heterocycles. The molecule has 1 nitrogen and oxygen atoms in total. The minimum atomic E-state index is -1.41. The molecule has 9 heavy (non-hydrogen) atoms. The molecule has 0 radical (unpaired) electrons. The summed E-state index contributed by atoms with van der Waals surface area (Å²) < 4.78 is 3.65. The molecule has 56 valence electrons. The van der Waals surface area contributed by atoms with Gasteiger partial charge in [-0.15, -0.1) is 0 Å². The fourth-order valence-electron chi connectivity index (χ4n) is 0.927. The van der Waals surface area contributed by atoms with Gasteiger partial charge in [-0.3, -0.25) is 0 Å². The number of rotatable bonds is 4. The van der Waals surface area contributed by atoms with Gasteiger partial charge in [-0.05, 0) is 0 Å². The average Bonchev–Trinajstić information content (AvgIpc) is 1.89. The second kappa shape index (κ2) is 4.34. The van der Waals surface area contributed by atoms with E-state index in [2.05, 4.69) is 30.8 Å². The van der Waals surface area contributed by atoms with Gasteiger partial charge in [0.05, 0.1) is 0 Å². The van der Waals surface area contributed by atoms with E-state index in [9.17, 15) is 0 Å². The molecule has 0 rings (SSSR count). The van der Waals surface area contributed by atoms with Crippen LogP contribution in [-0.2, 0) is 0 Å². The molecule has 0 unspecified atom stereocenters. The van der Waals surface area contributed by atoms with Gasteiger partial charge < -0.3 is 0 Å². The molecule has 0 saturated heterocycles. The third-order valence-corrected chi connectivity index (χ3v) is 11.2. The van der Waals surface area contributed by atoms with Crippen molar-refractivity contribution in [1.82, 2.24) is 4.27 Å². The molecule has 2 heteroatoms. The van der Waals surface area contributed by atoms with Gasteiger partial charge in [0.25, 0.3) is 0 Å². The Bertz CT molecular complexity index is 69.3. The summed E-state index contributed by atoms with van der Waals surface area (Å²) in [4.78, 5) is 0. The Morgan fingerprint density at radius 2 is 1.56 bits per heavy atom. The van der Waals surface area contributed by atoms with Crippen LogP contribution in [0.15, 0.2) is 0 Å². The first-order valence-electron chi connectivity index (χ1n) is 3.93. The molecule has 0 bridgehead atoms. The monoisotopic (exact) mass is 191 g/mol. The van der Waals surface area contributed by atoms with Crippen LogP contribution in [0, 0.1) is 0 Å². The third kappa shape index (κ3) is 3.26. The van der Waals surface area contributed by atoms with Crippen LogP contribution in [-0.4, -0.2) is 20.0 Å². The molecule has 0 saturated carbocycles. The summed E-state index contributed by atoms with van der Waals surface area (Å²) >= 11 is -1.41. The molecule has 0 aromatic carbocycles. The summed E-state index contributed by atoms with van der Waals surface area (Å²) in [6.07, 6.45) is 0. The predicted molar refractivity (Wildman–Crippen MR) is 46.3 cm³/mol. The van der Waals surface area contributed by atoms with E-state index in [-0.39, 0.29) is 0 Å². The Morgan fingerprint density at radius 3 is 1.67 bits per heavy atom. The fourth-order valence-corrected chi connectivity index (χ4v) is 4.82. The van der Waals surface area contributed by atoms with Crippen molar-refractivity contribution < 1.29 is 0 Å². The van der Waals surface area contributed by atoms with E-state index in [0.29, 0.717) is 0 Å². The van der Waals surface area contributed by atoms with Crippen LogP contribution in [0.4, 0.5) is 0 Å². The molecule has 0 aliphatic rings. The van der Waals surface area contributed by atoms with Crippen molar-refractivity contribution in [2.75, 3.05) is 6.54 Å². The van der Waals surface area contributed by atoms with Crippen molar-refractivity contribution in [1.29, 1.82) is 0 Å². The van der Waals surface area contributed by atoms with Gasteiger partial charge in [0, 0.05) is 0 Å². The maximum atomic E-state index is 3.65. The fraction of sp³-hybridized carbons (Fsp3) is 1.00. The second-order valence-corrected chi connectivity index (χ2v) is 13.1. The van der Waals surface area contributed by atoms with E-state index in [1.54, 1.807) is 0 Å². The topological polar surface area (TPSA) is 12.0 Å². The molecular weight excluding hydrogens is 171 g/mol. The minimum absolute atomic E-state index is 1.16. The number of nitrogens with one attached hydrogen (secondary N) is 1. The third-order valence-electron chi connectivity index (χ3n) is 2.16. The van der Waals surface area contributed by atoms with E-state index in [0.717, 1.165) is 6.54 Å². The van der Waals surface area contributed by atoms with E-state index < -0.39 is 13.5 Å². The van der Waals surface area contributed by atoms with Gasteiger partial charge in [0.2, 0.25) is 0 Å². The Labute approximate surface area is 61.8 Å². The summed E-state index contributed by atoms with van der Waals surface area (Å²) in [5, 5.41) is 2.81. The number of hydrogen-bond acceptors (Lipinski definition) is 1. The van der Waals surface area contributed by atoms with Crippen LogP contribution in [0.5, 0.6) is 0 Å². The average molecular weight is 190 g/mol.